The molecule has 14 rings (SSSR count). The van der Waals surface area contributed by atoms with E-state index in [1.54, 1.807) is 0 Å². The Morgan fingerprint density at radius 2 is 1.14 bits per heavy atom. The molecule has 1 unspecified atom stereocenters. The summed E-state index contributed by atoms with van der Waals surface area (Å²) in [4.78, 5) is 11.0. The number of rotatable bonds is 5. The van der Waals surface area contributed by atoms with Gasteiger partial charge in [0.1, 0.15) is 12.0 Å². The maximum Gasteiger partial charge on any atom is 0.159 e. The van der Waals surface area contributed by atoms with Crippen molar-refractivity contribution in [1.82, 2.24) is 14.5 Å². The molecule has 0 radical (unpaired) electrons. The molecule has 304 valence electrons. The first kappa shape index (κ1) is 36.2. The number of para-hydroxylation sites is 3. The highest BCUT2D eigenvalue weighted by Crippen LogP contribution is 2.44. The van der Waals surface area contributed by atoms with E-state index in [9.17, 15) is 0 Å². The van der Waals surface area contributed by atoms with Crippen LogP contribution in [0, 0.1) is 0 Å². The number of nitrogens with one attached hydrogen (secondary N) is 1. The minimum Gasteiger partial charge on any atom is -0.344 e. The topological polar surface area (TPSA) is 46.6 Å². The molecular weight excluding hydrogens is 811 g/mol. The zero-order valence-electron chi connectivity index (χ0n) is 35.0. The predicted molar refractivity (Wildman–Crippen MR) is 275 cm³/mol. The highest BCUT2D eigenvalue weighted by Gasteiger charge is 2.29. The maximum atomic E-state index is 5.60. The SMILES string of the molecule is c1ccc(C2=NC(c3cc4sc5ccccc5c4cc3-n3c4cc5ccccc5cc4c4c5ccccc5ccc43)NC(c3cccc4c5ccccc5n(-c5ccccc5)c34)=N2)cc1. The molecule has 5 nitrogen and oxygen atoms in total. The molecule has 1 aliphatic rings. The second kappa shape index (κ2) is 14.1. The molecule has 1 aliphatic heterocycles. The summed E-state index contributed by atoms with van der Waals surface area (Å²) >= 11 is 1.84. The number of fused-ring (bicyclic) bond motifs is 12. The molecule has 0 aliphatic carbocycles. The number of amidine groups is 2. The first-order valence-corrected chi connectivity index (χ1v) is 22.9. The van der Waals surface area contributed by atoms with Crippen LogP contribution in [-0.4, -0.2) is 20.8 Å². The van der Waals surface area contributed by atoms with Gasteiger partial charge >= 0.3 is 0 Å². The van der Waals surface area contributed by atoms with Crippen LogP contribution >= 0.6 is 11.3 Å². The van der Waals surface area contributed by atoms with Gasteiger partial charge in [0.05, 0.1) is 27.8 Å². The average molecular weight is 848 g/mol. The number of aliphatic imine (C=N–C) groups is 2. The number of thiophene rings is 1. The van der Waals surface area contributed by atoms with Crippen LogP contribution in [0.3, 0.4) is 0 Å². The molecular formula is C59H37N5S. The van der Waals surface area contributed by atoms with Gasteiger partial charge in [0.2, 0.25) is 0 Å². The second-order valence-electron chi connectivity index (χ2n) is 17.0. The van der Waals surface area contributed by atoms with Gasteiger partial charge in [-0.1, -0.05) is 152 Å². The summed E-state index contributed by atoms with van der Waals surface area (Å²) < 4.78 is 7.37. The van der Waals surface area contributed by atoms with Crippen molar-refractivity contribution in [1.29, 1.82) is 0 Å². The lowest BCUT2D eigenvalue weighted by Gasteiger charge is -2.27. The first-order valence-electron chi connectivity index (χ1n) is 22.1. The lowest BCUT2D eigenvalue weighted by atomic mass is 10.0. The molecule has 13 aromatic rings. The standard InChI is InChI=1S/C59H37N5S/c1-3-17-37(18-4-1)57-60-58(45-27-15-26-44-42-24-11-13-28-49(42)63(56(44)45)40-21-5-2-6-22-40)62-59(61-57)48-35-54-46(43-25-12-14-29-53(43)65-54)34-52(48)64-50-31-30-36-16-9-10-23-41(36)55(50)47-32-38-19-7-8-20-39(38)33-51(47)64/h1-35,59H,(H,60,61,62). The van der Waals surface area contributed by atoms with Crippen LogP contribution in [0.5, 0.6) is 0 Å². The summed E-state index contributed by atoms with van der Waals surface area (Å²) in [7, 11) is 0. The normalized spacial score (nSPS) is 14.3. The van der Waals surface area contributed by atoms with Crippen LogP contribution in [0.1, 0.15) is 22.9 Å². The summed E-state index contributed by atoms with van der Waals surface area (Å²) in [6.45, 7) is 0. The molecule has 65 heavy (non-hydrogen) atoms. The third-order valence-electron chi connectivity index (χ3n) is 13.3. The van der Waals surface area contributed by atoms with Gasteiger partial charge < -0.3 is 14.5 Å². The van der Waals surface area contributed by atoms with Crippen LogP contribution in [0.4, 0.5) is 0 Å². The van der Waals surface area contributed by atoms with Gasteiger partial charge in [-0.3, -0.25) is 0 Å². The van der Waals surface area contributed by atoms with E-state index in [4.69, 9.17) is 9.98 Å². The predicted octanol–water partition coefficient (Wildman–Crippen LogP) is 15.1. The quantitative estimate of drug-likeness (QED) is 0.184. The number of nitrogens with zero attached hydrogens (tertiary/aromatic N) is 4. The van der Waals surface area contributed by atoms with E-state index in [0.29, 0.717) is 5.84 Å². The Balaban J connectivity index is 1.08. The van der Waals surface area contributed by atoms with Crippen molar-refractivity contribution in [2.75, 3.05) is 0 Å². The van der Waals surface area contributed by atoms with E-state index < -0.39 is 6.17 Å². The van der Waals surface area contributed by atoms with Crippen LogP contribution in [0.25, 0.3) is 96.7 Å². The molecule has 0 spiro atoms. The van der Waals surface area contributed by atoms with Crippen molar-refractivity contribution in [3.63, 3.8) is 0 Å². The van der Waals surface area contributed by atoms with Gasteiger partial charge in [-0.15, -0.1) is 11.3 Å². The maximum absolute atomic E-state index is 5.60. The lowest BCUT2D eigenvalue weighted by molar-refractivity contribution is 0.672. The van der Waals surface area contributed by atoms with E-state index in [1.165, 1.54) is 63.3 Å². The molecule has 0 fully saturated rings. The van der Waals surface area contributed by atoms with Gasteiger partial charge in [-0.25, -0.2) is 9.98 Å². The van der Waals surface area contributed by atoms with Crippen LogP contribution in [-0.2, 0) is 0 Å². The Morgan fingerprint density at radius 3 is 1.98 bits per heavy atom. The monoisotopic (exact) mass is 847 g/mol. The van der Waals surface area contributed by atoms with E-state index in [2.05, 4.69) is 227 Å². The Labute approximate surface area is 377 Å². The van der Waals surface area contributed by atoms with Gasteiger partial charge in [-0.05, 0) is 82.2 Å². The zero-order valence-corrected chi connectivity index (χ0v) is 35.8. The molecule has 0 saturated heterocycles. The van der Waals surface area contributed by atoms with Crippen molar-refractivity contribution in [2.45, 2.75) is 6.17 Å². The molecule has 6 heteroatoms. The lowest BCUT2D eigenvalue weighted by Crippen LogP contribution is -2.34. The van der Waals surface area contributed by atoms with Gasteiger partial charge in [0.15, 0.2) is 5.84 Å². The van der Waals surface area contributed by atoms with Crippen molar-refractivity contribution >= 4 is 108 Å². The second-order valence-corrected chi connectivity index (χ2v) is 18.0. The molecule has 0 amide bonds. The smallest absolute Gasteiger partial charge is 0.159 e. The fraction of sp³-hybridized carbons (Fsp3) is 0.0169. The summed E-state index contributed by atoms with van der Waals surface area (Å²) in [5.41, 5.74) is 9.78. The number of hydrogen-bond acceptors (Lipinski definition) is 4. The minimum absolute atomic E-state index is 0.499. The molecule has 0 bridgehead atoms. The van der Waals surface area contributed by atoms with Gasteiger partial charge in [0.25, 0.3) is 0 Å². The van der Waals surface area contributed by atoms with Crippen molar-refractivity contribution in [2.24, 2.45) is 9.98 Å². The van der Waals surface area contributed by atoms with Crippen molar-refractivity contribution in [3.05, 3.63) is 229 Å². The Morgan fingerprint density at radius 1 is 0.446 bits per heavy atom. The third kappa shape index (κ3) is 5.51. The Hall–Kier alpha value is -8.32. The molecule has 1 atom stereocenters. The van der Waals surface area contributed by atoms with Crippen molar-refractivity contribution in [3.8, 4) is 11.4 Å². The highest BCUT2D eigenvalue weighted by molar-refractivity contribution is 7.25. The van der Waals surface area contributed by atoms with E-state index >= 15 is 0 Å². The molecule has 10 aromatic carbocycles. The summed E-state index contributed by atoms with van der Waals surface area (Å²) in [5, 5.41) is 16.2. The van der Waals surface area contributed by atoms with Crippen LogP contribution in [0.2, 0.25) is 0 Å². The average Bonchev–Trinajstić information content (AvgIpc) is 4.03. The van der Waals surface area contributed by atoms with Gasteiger partial charge in [-0.2, -0.15) is 0 Å². The van der Waals surface area contributed by atoms with Crippen LogP contribution in [0.15, 0.2) is 222 Å². The number of aromatic nitrogens is 2. The first-order chi connectivity index (χ1) is 32.2. The molecule has 0 saturated carbocycles. The fourth-order valence-electron chi connectivity index (χ4n) is 10.4. The molecule has 1 N–H and O–H groups in total. The Bertz CT molecular complexity index is 4150. The fourth-order valence-corrected chi connectivity index (χ4v) is 11.6. The van der Waals surface area contributed by atoms with Crippen LogP contribution < -0.4 is 5.32 Å². The Kier molecular flexibility index (Phi) is 7.85. The zero-order chi connectivity index (χ0) is 42.6. The third-order valence-corrected chi connectivity index (χ3v) is 14.5. The summed E-state index contributed by atoms with van der Waals surface area (Å²) in [6, 6.07) is 76.8. The summed E-state index contributed by atoms with van der Waals surface area (Å²) in [6.07, 6.45) is -0.499. The van der Waals surface area contributed by atoms with E-state index in [0.717, 1.165) is 56.0 Å². The summed E-state index contributed by atoms with van der Waals surface area (Å²) in [5.74, 6) is 1.46. The number of hydrogen-bond donors (Lipinski definition) is 1. The van der Waals surface area contributed by atoms with E-state index in [-0.39, 0.29) is 0 Å². The van der Waals surface area contributed by atoms with Gasteiger partial charge in [0, 0.05) is 64.1 Å². The van der Waals surface area contributed by atoms with Crippen molar-refractivity contribution < 1.29 is 0 Å². The number of benzene rings is 10. The van der Waals surface area contributed by atoms with E-state index in [1.807, 2.05) is 11.3 Å². The molecule has 4 heterocycles. The largest absolute Gasteiger partial charge is 0.344 e. The minimum atomic E-state index is -0.499. The molecule has 3 aromatic heterocycles. The highest BCUT2D eigenvalue weighted by atomic mass is 32.1.